The molecule has 1 aliphatic rings. The van der Waals surface area contributed by atoms with Gasteiger partial charge in [0.15, 0.2) is 0 Å². The van der Waals surface area contributed by atoms with Crippen LogP contribution in [0.4, 0.5) is 5.13 Å². The zero-order chi connectivity index (χ0) is 12.3. The molecule has 0 aliphatic heterocycles. The molecule has 2 unspecified atom stereocenters. The second-order valence-corrected chi connectivity index (χ2v) is 6.06. The molecule has 6 heteroatoms. The zero-order valence-electron chi connectivity index (χ0n) is 10.3. The highest BCUT2D eigenvalue weighted by Gasteiger charge is 2.24. The maximum absolute atomic E-state index is 5.91. The van der Waals surface area contributed by atoms with Gasteiger partial charge in [0.25, 0.3) is 0 Å². The van der Waals surface area contributed by atoms with Crippen molar-refractivity contribution in [1.29, 1.82) is 0 Å². The average molecular weight is 256 g/mol. The number of nitrogen functional groups attached to an aromatic ring is 1. The number of ether oxygens (including phenoxy) is 1. The largest absolute Gasteiger partial charge is 0.371 e. The maximum Gasteiger partial charge on any atom is 0.219 e. The Bertz CT molecular complexity index is 347. The Morgan fingerprint density at radius 1 is 1.29 bits per heavy atom. The summed E-state index contributed by atoms with van der Waals surface area (Å²) in [7, 11) is 0. The van der Waals surface area contributed by atoms with E-state index in [4.69, 9.17) is 10.6 Å². The van der Waals surface area contributed by atoms with Crippen molar-refractivity contribution in [3.8, 4) is 0 Å². The van der Waals surface area contributed by atoms with E-state index in [1.165, 1.54) is 17.8 Å². The SMILES string of the molecule is CC1CC(C)CC(OCc2nnc(NN)s2)C1. The first-order valence-electron chi connectivity index (χ1n) is 6.08. The summed E-state index contributed by atoms with van der Waals surface area (Å²) in [6.45, 7) is 5.14. The number of hydrazine groups is 1. The molecular weight excluding hydrogens is 236 g/mol. The predicted octanol–water partition coefficient (Wildman–Crippen LogP) is 2.17. The van der Waals surface area contributed by atoms with E-state index in [0.29, 0.717) is 17.8 Å². The van der Waals surface area contributed by atoms with Gasteiger partial charge in [-0.3, -0.25) is 5.43 Å². The lowest BCUT2D eigenvalue weighted by molar-refractivity contribution is -0.00939. The van der Waals surface area contributed by atoms with Gasteiger partial charge in [0.1, 0.15) is 11.6 Å². The molecule has 0 aromatic carbocycles. The minimum absolute atomic E-state index is 0.368. The first kappa shape index (κ1) is 12.7. The van der Waals surface area contributed by atoms with E-state index in [1.54, 1.807) is 0 Å². The molecule has 0 amide bonds. The smallest absolute Gasteiger partial charge is 0.219 e. The Labute approximate surface area is 106 Å². The second-order valence-electron chi connectivity index (χ2n) is 5.00. The van der Waals surface area contributed by atoms with Crippen molar-refractivity contribution in [3.63, 3.8) is 0 Å². The highest BCUT2D eigenvalue weighted by molar-refractivity contribution is 7.15. The maximum atomic E-state index is 5.91. The van der Waals surface area contributed by atoms with Crippen LogP contribution in [0.5, 0.6) is 0 Å². The van der Waals surface area contributed by atoms with Crippen LogP contribution >= 0.6 is 11.3 Å². The lowest BCUT2D eigenvalue weighted by Gasteiger charge is -2.31. The van der Waals surface area contributed by atoms with E-state index in [1.807, 2.05) is 0 Å². The molecule has 0 bridgehead atoms. The van der Waals surface area contributed by atoms with Crippen LogP contribution in [0.15, 0.2) is 0 Å². The van der Waals surface area contributed by atoms with Crippen molar-refractivity contribution >= 4 is 16.5 Å². The molecule has 1 aromatic rings. The third-order valence-electron chi connectivity index (χ3n) is 3.17. The Kier molecular flexibility index (Phi) is 4.31. The fraction of sp³-hybridized carbons (Fsp3) is 0.818. The van der Waals surface area contributed by atoms with E-state index < -0.39 is 0 Å². The number of nitrogens with one attached hydrogen (secondary N) is 1. The summed E-state index contributed by atoms with van der Waals surface area (Å²) in [5, 5.41) is 9.40. The van der Waals surface area contributed by atoms with Crippen LogP contribution in [0.2, 0.25) is 0 Å². The minimum Gasteiger partial charge on any atom is -0.371 e. The number of anilines is 1. The van der Waals surface area contributed by atoms with E-state index in [9.17, 15) is 0 Å². The molecule has 1 aromatic heterocycles. The van der Waals surface area contributed by atoms with Gasteiger partial charge in [0, 0.05) is 0 Å². The number of nitrogens with two attached hydrogens (primary N) is 1. The molecule has 1 heterocycles. The molecule has 17 heavy (non-hydrogen) atoms. The van der Waals surface area contributed by atoms with Gasteiger partial charge >= 0.3 is 0 Å². The molecular formula is C11H20N4OS. The van der Waals surface area contributed by atoms with Crippen molar-refractivity contribution in [2.24, 2.45) is 17.7 Å². The number of rotatable bonds is 4. The van der Waals surface area contributed by atoms with Gasteiger partial charge in [-0.2, -0.15) is 0 Å². The first-order chi connectivity index (χ1) is 8.17. The van der Waals surface area contributed by atoms with Crippen LogP contribution in [0.1, 0.15) is 38.1 Å². The topological polar surface area (TPSA) is 73.1 Å². The molecule has 1 aliphatic carbocycles. The van der Waals surface area contributed by atoms with Crippen molar-refractivity contribution in [2.45, 2.75) is 45.8 Å². The molecule has 96 valence electrons. The summed E-state index contributed by atoms with van der Waals surface area (Å²) < 4.78 is 5.91. The van der Waals surface area contributed by atoms with Crippen molar-refractivity contribution in [1.82, 2.24) is 10.2 Å². The summed E-state index contributed by atoms with van der Waals surface area (Å²) in [5.74, 6) is 6.78. The number of hydrogen-bond donors (Lipinski definition) is 2. The summed E-state index contributed by atoms with van der Waals surface area (Å²) in [6, 6.07) is 0. The predicted molar refractivity (Wildman–Crippen MR) is 68.5 cm³/mol. The summed E-state index contributed by atoms with van der Waals surface area (Å²) in [5.41, 5.74) is 2.49. The van der Waals surface area contributed by atoms with Gasteiger partial charge in [0.05, 0.1) is 6.10 Å². The summed E-state index contributed by atoms with van der Waals surface area (Å²) in [6.07, 6.45) is 4.00. The molecule has 0 spiro atoms. The Morgan fingerprint density at radius 3 is 2.59 bits per heavy atom. The molecule has 1 saturated carbocycles. The summed E-state index contributed by atoms with van der Waals surface area (Å²) in [4.78, 5) is 0. The molecule has 5 nitrogen and oxygen atoms in total. The lowest BCUT2D eigenvalue weighted by atomic mass is 9.82. The van der Waals surface area contributed by atoms with E-state index in [-0.39, 0.29) is 0 Å². The van der Waals surface area contributed by atoms with Crippen molar-refractivity contribution < 1.29 is 4.74 Å². The fourth-order valence-electron chi connectivity index (χ4n) is 2.57. The Morgan fingerprint density at radius 2 is 2.00 bits per heavy atom. The molecule has 2 rings (SSSR count). The molecule has 3 N–H and O–H groups in total. The van der Waals surface area contributed by atoms with Gasteiger partial charge in [0.2, 0.25) is 5.13 Å². The van der Waals surface area contributed by atoms with Crippen LogP contribution < -0.4 is 11.3 Å². The monoisotopic (exact) mass is 256 g/mol. The normalized spacial score (nSPS) is 29.2. The average Bonchev–Trinajstić information content (AvgIpc) is 2.73. The summed E-state index contributed by atoms with van der Waals surface area (Å²) >= 11 is 1.44. The number of nitrogens with zero attached hydrogens (tertiary/aromatic N) is 2. The van der Waals surface area contributed by atoms with Crippen LogP contribution in [0.25, 0.3) is 0 Å². The standard InChI is InChI=1S/C11H20N4OS/c1-7-3-8(2)5-9(4-7)16-6-10-14-15-11(13-12)17-10/h7-9H,3-6,12H2,1-2H3,(H,13,15). The molecule has 2 atom stereocenters. The lowest BCUT2D eigenvalue weighted by Crippen LogP contribution is -2.26. The quantitative estimate of drug-likeness (QED) is 0.638. The third kappa shape index (κ3) is 3.62. The molecule has 0 saturated heterocycles. The van der Waals surface area contributed by atoms with Gasteiger partial charge in [-0.25, -0.2) is 5.84 Å². The van der Waals surface area contributed by atoms with E-state index in [0.717, 1.165) is 29.7 Å². The highest BCUT2D eigenvalue weighted by Crippen LogP contribution is 2.31. The third-order valence-corrected chi connectivity index (χ3v) is 4.00. The second kappa shape index (κ2) is 5.75. The highest BCUT2D eigenvalue weighted by atomic mass is 32.1. The Hall–Kier alpha value is -0.720. The zero-order valence-corrected chi connectivity index (χ0v) is 11.2. The molecule has 1 fully saturated rings. The van der Waals surface area contributed by atoms with E-state index >= 15 is 0 Å². The van der Waals surface area contributed by atoms with Crippen LogP contribution in [0, 0.1) is 11.8 Å². The fourth-order valence-corrected chi connectivity index (χ4v) is 3.14. The van der Waals surface area contributed by atoms with Crippen LogP contribution in [0.3, 0.4) is 0 Å². The van der Waals surface area contributed by atoms with Crippen LogP contribution in [-0.4, -0.2) is 16.3 Å². The van der Waals surface area contributed by atoms with Gasteiger partial charge < -0.3 is 4.74 Å². The Balaban J connectivity index is 1.81. The van der Waals surface area contributed by atoms with Gasteiger partial charge in [-0.05, 0) is 31.1 Å². The van der Waals surface area contributed by atoms with Gasteiger partial charge in [-0.1, -0.05) is 25.2 Å². The first-order valence-corrected chi connectivity index (χ1v) is 6.89. The number of aromatic nitrogens is 2. The van der Waals surface area contributed by atoms with Crippen molar-refractivity contribution in [3.05, 3.63) is 5.01 Å². The minimum atomic E-state index is 0.368. The van der Waals surface area contributed by atoms with Crippen molar-refractivity contribution in [2.75, 3.05) is 5.43 Å². The van der Waals surface area contributed by atoms with E-state index in [2.05, 4.69) is 29.5 Å². The number of hydrogen-bond acceptors (Lipinski definition) is 6. The van der Waals surface area contributed by atoms with Gasteiger partial charge in [-0.15, -0.1) is 10.2 Å². The van der Waals surface area contributed by atoms with Crippen LogP contribution in [-0.2, 0) is 11.3 Å². The molecule has 0 radical (unpaired) electrons.